The van der Waals surface area contributed by atoms with Crippen LogP contribution in [0.3, 0.4) is 0 Å². The van der Waals surface area contributed by atoms with Crippen LogP contribution in [0.1, 0.15) is 6.92 Å². The van der Waals surface area contributed by atoms with Gasteiger partial charge in [-0.05, 0) is 6.92 Å². The molecule has 0 radical (unpaired) electrons. The van der Waals surface area contributed by atoms with E-state index in [-0.39, 0.29) is 11.9 Å². The Balaban J connectivity index is 3.34. The Morgan fingerprint density at radius 3 is 2.29 bits per heavy atom. The highest BCUT2D eigenvalue weighted by atomic mass is 32.2. The van der Waals surface area contributed by atoms with Crippen molar-refractivity contribution < 1.29 is 9.32 Å². The fourth-order valence-corrected chi connectivity index (χ4v) is 0.315. The second-order valence-electron chi connectivity index (χ2n) is 1.49. The smallest absolute Gasteiger partial charge is 0.0572 e. The molecule has 0 aromatic heterocycles. The highest BCUT2D eigenvalue weighted by Crippen LogP contribution is 1.87. The van der Waals surface area contributed by atoms with Gasteiger partial charge in [0.05, 0.1) is 11.9 Å². The van der Waals surface area contributed by atoms with Crippen LogP contribution in [0.25, 0.3) is 0 Å². The van der Waals surface area contributed by atoms with Crippen molar-refractivity contribution in [2.45, 2.75) is 12.2 Å². The van der Waals surface area contributed by atoms with E-state index in [1.165, 1.54) is 0 Å². The zero-order valence-electron chi connectivity index (χ0n) is 4.55. The third-order valence-electron chi connectivity index (χ3n) is 0.824. The summed E-state index contributed by atoms with van der Waals surface area (Å²) < 4.78 is 10.3. The van der Waals surface area contributed by atoms with Crippen molar-refractivity contribution in [2.24, 2.45) is 0 Å². The molecule has 0 fully saturated rings. The van der Waals surface area contributed by atoms with Gasteiger partial charge < -0.3 is 5.11 Å². The lowest BCUT2D eigenvalue weighted by atomic mass is 10.5. The third-order valence-corrected chi connectivity index (χ3v) is 2.11. The zero-order chi connectivity index (χ0) is 5.86. The van der Waals surface area contributed by atoms with Crippen LogP contribution in [0.5, 0.6) is 0 Å². The van der Waals surface area contributed by atoms with Crippen molar-refractivity contribution in [1.82, 2.24) is 0 Å². The monoisotopic (exact) mass is 122 g/mol. The van der Waals surface area contributed by atoms with Crippen LogP contribution in [0.15, 0.2) is 0 Å². The number of aliphatic hydroxyl groups excluding tert-OH is 1. The van der Waals surface area contributed by atoms with Crippen molar-refractivity contribution in [2.75, 3.05) is 12.9 Å². The standard InChI is InChI=1S/C4H10O2S/c1-4(3-5)7(2)6/h4-5H,3H2,1-2H3/t4-,7?/m1/s1. The van der Waals surface area contributed by atoms with Crippen LogP contribution in [0, 0.1) is 0 Å². The molecule has 0 aromatic rings. The van der Waals surface area contributed by atoms with E-state index in [0.717, 1.165) is 0 Å². The third kappa shape index (κ3) is 2.76. The Morgan fingerprint density at radius 2 is 2.29 bits per heavy atom. The summed E-state index contributed by atoms with van der Waals surface area (Å²) >= 11 is 0. The molecule has 0 saturated heterocycles. The van der Waals surface area contributed by atoms with Crippen LogP contribution in [-0.2, 0) is 10.8 Å². The van der Waals surface area contributed by atoms with Crippen LogP contribution < -0.4 is 0 Å². The van der Waals surface area contributed by atoms with E-state index < -0.39 is 10.8 Å². The van der Waals surface area contributed by atoms with Gasteiger partial charge in [-0.15, -0.1) is 0 Å². The van der Waals surface area contributed by atoms with Crippen molar-refractivity contribution in [3.8, 4) is 0 Å². The number of rotatable bonds is 2. The van der Waals surface area contributed by atoms with Crippen LogP contribution in [-0.4, -0.2) is 27.4 Å². The molecule has 1 unspecified atom stereocenters. The molecule has 2 nitrogen and oxygen atoms in total. The summed E-state index contributed by atoms with van der Waals surface area (Å²) in [7, 11) is -0.860. The quantitative estimate of drug-likeness (QED) is 0.548. The summed E-state index contributed by atoms with van der Waals surface area (Å²) in [4.78, 5) is 0. The van der Waals surface area contributed by atoms with E-state index >= 15 is 0 Å². The Bertz CT molecular complexity index is 72.1. The summed E-state index contributed by atoms with van der Waals surface area (Å²) in [6, 6.07) is 0. The lowest BCUT2D eigenvalue weighted by molar-refractivity contribution is 0.298. The summed E-state index contributed by atoms with van der Waals surface area (Å²) in [5.74, 6) is 0. The molecule has 0 saturated carbocycles. The Hall–Kier alpha value is 0.110. The molecular formula is C4H10O2S. The number of aliphatic hydroxyl groups is 1. The van der Waals surface area contributed by atoms with E-state index in [1.807, 2.05) is 0 Å². The first kappa shape index (κ1) is 7.11. The summed E-state index contributed by atoms with van der Waals surface area (Å²) in [6.45, 7) is 1.76. The van der Waals surface area contributed by atoms with Crippen molar-refractivity contribution in [3.05, 3.63) is 0 Å². The van der Waals surface area contributed by atoms with E-state index in [4.69, 9.17) is 5.11 Å². The van der Waals surface area contributed by atoms with Crippen LogP contribution >= 0.6 is 0 Å². The molecule has 0 aliphatic carbocycles. The van der Waals surface area contributed by atoms with E-state index in [1.54, 1.807) is 13.2 Å². The molecular weight excluding hydrogens is 112 g/mol. The highest BCUT2D eigenvalue weighted by Gasteiger charge is 2.00. The first-order valence-electron chi connectivity index (χ1n) is 2.11. The molecule has 0 spiro atoms. The molecule has 1 N–H and O–H groups in total. The van der Waals surface area contributed by atoms with Gasteiger partial charge in [0.15, 0.2) is 0 Å². The Labute approximate surface area is 46.0 Å². The Morgan fingerprint density at radius 1 is 1.86 bits per heavy atom. The zero-order valence-corrected chi connectivity index (χ0v) is 5.36. The lowest BCUT2D eigenvalue weighted by Gasteiger charge is -1.99. The minimum atomic E-state index is -0.860. The molecule has 2 atom stereocenters. The molecule has 0 bridgehead atoms. The van der Waals surface area contributed by atoms with Gasteiger partial charge in [0.2, 0.25) is 0 Å². The second kappa shape index (κ2) is 3.16. The molecule has 0 rings (SSSR count). The fraction of sp³-hybridized carbons (Fsp3) is 1.00. The normalized spacial score (nSPS) is 18.7. The number of hydrogen-bond donors (Lipinski definition) is 1. The van der Waals surface area contributed by atoms with Crippen molar-refractivity contribution in [3.63, 3.8) is 0 Å². The van der Waals surface area contributed by atoms with E-state index in [2.05, 4.69) is 0 Å². The predicted octanol–water partition coefficient (Wildman–Crippen LogP) is -0.254. The van der Waals surface area contributed by atoms with Gasteiger partial charge in [0, 0.05) is 17.1 Å². The van der Waals surface area contributed by atoms with Gasteiger partial charge in [0.1, 0.15) is 0 Å². The van der Waals surface area contributed by atoms with Crippen LogP contribution in [0.4, 0.5) is 0 Å². The fourth-order valence-electron chi connectivity index (χ4n) is 0.105. The summed E-state index contributed by atoms with van der Waals surface area (Å²) in [5.41, 5.74) is 0. The molecule has 0 aromatic carbocycles. The van der Waals surface area contributed by atoms with Gasteiger partial charge >= 0.3 is 0 Å². The maximum atomic E-state index is 10.3. The average molecular weight is 122 g/mol. The molecule has 7 heavy (non-hydrogen) atoms. The maximum absolute atomic E-state index is 10.3. The number of hydrogen-bond acceptors (Lipinski definition) is 2. The predicted molar refractivity (Wildman–Crippen MR) is 30.6 cm³/mol. The Kier molecular flexibility index (Phi) is 3.21. The average Bonchev–Trinajstić information content (AvgIpc) is 1.65. The van der Waals surface area contributed by atoms with Crippen LogP contribution in [0.2, 0.25) is 0 Å². The van der Waals surface area contributed by atoms with E-state index in [0.29, 0.717) is 0 Å². The van der Waals surface area contributed by atoms with Crippen molar-refractivity contribution >= 4 is 10.8 Å². The lowest BCUT2D eigenvalue weighted by Crippen LogP contribution is -2.13. The maximum Gasteiger partial charge on any atom is 0.0572 e. The first-order chi connectivity index (χ1) is 3.18. The van der Waals surface area contributed by atoms with Gasteiger partial charge in [-0.2, -0.15) is 0 Å². The second-order valence-corrected chi connectivity index (χ2v) is 3.29. The molecule has 3 heteroatoms. The van der Waals surface area contributed by atoms with Crippen molar-refractivity contribution in [1.29, 1.82) is 0 Å². The molecule has 44 valence electrons. The minimum absolute atomic E-state index is 0.0170. The SMILES string of the molecule is C[C@H](CO)S(C)=O. The van der Waals surface area contributed by atoms with Gasteiger partial charge in [0.25, 0.3) is 0 Å². The van der Waals surface area contributed by atoms with Gasteiger partial charge in [-0.1, -0.05) is 0 Å². The summed E-state index contributed by atoms with van der Waals surface area (Å²) in [5, 5.41) is 8.24. The van der Waals surface area contributed by atoms with E-state index in [9.17, 15) is 4.21 Å². The first-order valence-corrected chi connectivity index (χ1v) is 3.73. The molecule has 0 aliphatic heterocycles. The van der Waals surface area contributed by atoms with Gasteiger partial charge in [-0.3, -0.25) is 4.21 Å². The molecule has 0 amide bonds. The highest BCUT2D eigenvalue weighted by molar-refractivity contribution is 7.84. The molecule has 0 aliphatic rings. The molecule has 0 heterocycles. The summed E-state index contributed by atoms with van der Waals surface area (Å²) in [6.07, 6.45) is 1.58. The minimum Gasteiger partial charge on any atom is -0.395 e. The topological polar surface area (TPSA) is 37.3 Å². The van der Waals surface area contributed by atoms with Gasteiger partial charge in [-0.25, -0.2) is 0 Å². The largest absolute Gasteiger partial charge is 0.395 e.